The molecule has 1 amide bonds. The van der Waals surface area contributed by atoms with Gasteiger partial charge in [-0.1, -0.05) is 0 Å². The third-order valence-corrected chi connectivity index (χ3v) is 2.72. The molecule has 1 heterocycles. The molecular weight excluding hydrogens is 261 g/mol. The molecule has 2 rings (SSSR count). The molecule has 0 unspecified atom stereocenters. The number of amides is 1. The molecule has 1 N–H and O–H groups in total. The number of rotatable bonds is 6. The molecule has 1 aromatic heterocycles. The van der Waals surface area contributed by atoms with Crippen molar-refractivity contribution >= 4 is 11.7 Å². The lowest BCUT2D eigenvalue weighted by molar-refractivity contribution is -0.116. The second-order valence-corrected chi connectivity index (χ2v) is 4.29. The number of aryl methyl sites for hydroxylation is 1. The molecular formula is C14H16FN3O2. The lowest BCUT2D eigenvalue weighted by atomic mass is 10.3. The van der Waals surface area contributed by atoms with E-state index in [0.29, 0.717) is 31.0 Å². The van der Waals surface area contributed by atoms with Crippen molar-refractivity contribution < 1.29 is 13.9 Å². The first-order valence-corrected chi connectivity index (χ1v) is 6.31. The fourth-order valence-corrected chi connectivity index (χ4v) is 1.66. The Morgan fingerprint density at radius 3 is 2.75 bits per heavy atom. The minimum absolute atomic E-state index is 0.0868. The first kappa shape index (κ1) is 14.0. The summed E-state index contributed by atoms with van der Waals surface area (Å²) in [5, 5.41) is 6.71. The van der Waals surface area contributed by atoms with Gasteiger partial charge in [-0.15, -0.1) is 0 Å². The maximum Gasteiger partial charge on any atom is 0.225 e. The van der Waals surface area contributed by atoms with Crippen LogP contribution < -0.4 is 10.1 Å². The van der Waals surface area contributed by atoms with Crippen molar-refractivity contribution in [3.8, 4) is 5.75 Å². The average Bonchev–Trinajstić information content (AvgIpc) is 2.82. The molecule has 106 valence electrons. The van der Waals surface area contributed by atoms with Gasteiger partial charge in [0.2, 0.25) is 5.91 Å². The number of benzene rings is 1. The number of aromatic nitrogens is 2. The Hall–Kier alpha value is -2.37. The quantitative estimate of drug-likeness (QED) is 0.825. The molecule has 0 bridgehead atoms. The molecule has 0 radical (unpaired) electrons. The van der Waals surface area contributed by atoms with Crippen molar-refractivity contribution in [2.75, 3.05) is 11.9 Å². The summed E-state index contributed by atoms with van der Waals surface area (Å²) in [7, 11) is 1.76. The summed E-state index contributed by atoms with van der Waals surface area (Å²) in [6.07, 6.45) is 2.56. The Balaban J connectivity index is 1.67. The number of carbonyl (C=O) groups excluding carboxylic acids is 1. The van der Waals surface area contributed by atoms with Crippen LogP contribution in [-0.4, -0.2) is 22.3 Å². The number of ether oxygens (including phenoxy) is 1. The molecule has 6 heteroatoms. The molecule has 0 aliphatic carbocycles. The third-order valence-electron chi connectivity index (χ3n) is 2.72. The minimum atomic E-state index is -0.298. The Morgan fingerprint density at radius 2 is 2.10 bits per heavy atom. The van der Waals surface area contributed by atoms with Crippen molar-refractivity contribution in [3.05, 3.63) is 42.3 Å². The van der Waals surface area contributed by atoms with E-state index >= 15 is 0 Å². The summed E-state index contributed by atoms with van der Waals surface area (Å²) in [6, 6.07) is 7.53. The highest BCUT2D eigenvalue weighted by Crippen LogP contribution is 2.11. The Bertz CT molecular complexity index is 566. The van der Waals surface area contributed by atoms with Gasteiger partial charge in [-0.05, 0) is 30.7 Å². The van der Waals surface area contributed by atoms with Crippen LogP contribution in [0.15, 0.2) is 36.5 Å². The first-order valence-electron chi connectivity index (χ1n) is 6.31. The molecule has 0 saturated carbocycles. The van der Waals surface area contributed by atoms with Crippen LogP contribution in [-0.2, 0) is 11.8 Å². The number of hydrogen-bond donors (Lipinski definition) is 1. The number of anilines is 1. The van der Waals surface area contributed by atoms with Gasteiger partial charge in [-0.3, -0.25) is 9.48 Å². The molecule has 1 aromatic carbocycles. The van der Waals surface area contributed by atoms with Crippen LogP contribution in [0.4, 0.5) is 10.2 Å². The van der Waals surface area contributed by atoms with Crippen LogP contribution in [0, 0.1) is 5.82 Å². The highest BCUT2D eigenvalue weighted by atomic mass is 19.1. The maximum atomic E-state index is 12.7. The zero-order valence-corrected chi connectivity index (χ0v) is 11.2. The van der Waals surface area contributed by atoms with Crippen molar-refractivity contribution in [2.45, 2.75) is 12.8 Å². The molecule has 0 saturated heterocycles. The number of halogens is 1. The van der Waals surface area contributed by atoms with E-state index in [1.54, 1.807) is 36.1 Å². The van der Waals surface area contributed by atoms with Crippen molar-refractivity contribution in [1.29, 1.82) is 0 Å². The van der Waals surface area contributed by atoms with E-state index in [1.807, 2.05) is 0 Å². The lowest BCUT2D eigenvalue weighted by Gasteiger charge is -2.07. The average molecular weight is 277 g/mol. The van der Waals surface area contributed by atoms with E-state index in [9.17, 15) is 9.18 Å². The lowest BCUT2D eigenvalue weighted by Crippen LogP contribution is -2.15. The Kier molecular flexibility index (Phi) is 4.70. The van der Waals surface area contributed by atoms with Gasteiger partial charge in [0, 0.05) is 19.5 Å². The van der Waals surface area contributed by atoms with Crippen molar-refractivity contribution in [2.24, 2.45) is 7.05 Å². The molecule has 0 aliphatic heterocycles. The largest absolute Gasteiger partial charge is 0.494 e. The molecule has 0 aliphatic rings. The van der Waals surface area contributed by atoms with Crippen LogP contribution in [0.3, 0.4) is 0 Å². The highest BCUT2D eigenvalue weighted by Gasteiger charge is 2.05. The number of nitrogens with zero attached hydrogens (tertiary/aromatic N) is 2. The van der Waals surface area contributed by atoms with Gasteiger partial charge in [-0.2, -0.15) is 5.10 Å². The highest BCUT2D eigenvalue weighted by molar-refractivity contribution is 5.89. The number of nitrogens with one attached hydrogen (secondary N) is 1. The van der Waals surface area contributed by atoms with Crippen molar-refractivity contribution in [3.63, 3.8) is 0 Å². The predicted octanol–water partition coefficient (Wildman–Crippen LogP) is 2.36. The van der Waals surface area contributed by atoms with Crippen LogP contribution in [0.2, 0.25) is 0 Å². The smallest absolute Gasteiger partial charge is 0.225 e. The van der Waals surface area contributed by atoms with Crippen LogP contribution in [0.5, 0.6) is 5.75 Å². The topological polar surface area (TPSA) is 56.2 Å². The van der Waals surface area contributed by atoms with Crippen molar-refractivity contribution in [1.82, 2.24) is 9.78 Å². The third kappa shape index (κ3) is 4.08. The van der Waals surface area contributed by atoms with E-state index in [4.69, 9.17) is 4.74 Å². The monoisotopic (exact) mass is 277 g/mol. The summed E-state index contributed by atoms with van der Waals surface area (Å²) in [5.41, 5.74) is 0. The zero-order chi connectivity index (χ0) is 14.4. The van der Waals surface area contributed by atoms with E-state index in [2.05, 4.69) is 10.4 Å². The fourth-order valence-electron chi connectivity index (χ4n) is 1.66. The molecule has 20 heavy (non-hydrogen) atoms. The van der Waals surface area contributed by atoms with Gasteiger partial charge in [0.25, 0.3) is 0 Å². The molecule has 0 atom stereocenters. The van der Waals surface area contributed by atoms with Crippen LogP contribution in [0.1, 0.15) is 12.8 Å². The maximum absolute atomic E-state index is 12.7. The summed E-state index contributed by atoms with van der Waals surface area (Å²) >= 11 is 0. The van der Waals surface area contributed by atoms with Gasteiger partial charge in [0.05, 0.1) is 12.8 Å². The van der Waals surface area contributed by atoms with Crippen LogP contribution in [0.25, 0.3) is 0 Å². The van der Waals surface area contributed by atoms with E-state index in [-0.39, 0.29) is 11.7 Å². The summed E-state index contributed by atoms with van der Waals surface area (Å²) in [5.74, 6) is 0.872. The molecule has 0 fully saturated rings. The second-order valence-electron chi connectivity index (χ2n) is 4.29. The normalized spacial score (nSPS) is 10.3. The van der Waals surface area contributed by atoms with E-state index in [1.165, 1.54) is 12.1 Å². The van der Waals surface area contributed by atoms with Crippen LogP contribution >= 0.6 is 0 Å². The minimum Gasteiger partial charge on any atom is -0.494 e. The summed E-state index contributed by atoms with van der Waals surface area (Å²) in [4.78, 5) is 11.7. The summed E-state index contributed by atoms with van der Waals surface area (Å²) < 4.78 is 19.7. The second kappa shape index (κ2) is 6.70. The predicted molar refractivity (Wildman–Crippen MR) is 73.0 cm³/mol. The van der Waals surface area contributed by atoms with Gasteiger partial charge in [0.15, 0.2) is 0 Å². The van der Waals surface area contributed by atoms with E-state index in [0.717, 1.165) is 0 Å². The zero-order valence-electron chi connectivity index (χ0n) is 11.2. The Labute approximate surface area is 116 Å². The van der Waals surface area contributed by atoms with E-state index < -0.39 is 0 Å². The number of carbonyl (C=O) groups is 1. The van der Waals surface area contributed by atoms with Gasteiger partial charge < -0.3 is 10.1 Å². The molecule has 5 nitrogen and oxygen atoms in total. The number of hydrogen-bond acceptors (Lipinski definition) is 3. The molecule has 0 spiro atoms. The molecule has 2 aromatic rings. The first-order chi connectivity index (χ1) is 9.65. The van der Waals surface area contributed by atoms with Gasteiger partial charge in [0.1, 0.15) is 17.4 Å². The fraction of sp³-hybridized carbons (Fsp3) is 0.286. The summed E-state index contributed by atoms with van der Waals surface area (Å²) in [6.45, 7) is 0.407. The Morgan fingerprint density at radius 1 is 1.35 bits per heavy atom. The van der Waals surface area contributed by atoms with Gasteiger partial charge >= 0.3 is 0 Å². The van der Waals surface area contributed by atoms with Gasteiger partial charge in [-0.25, -0.2) is 4.39 Å². The standard InChI is InChI=1S/C14H16FN3O2/c1-18-13(8-9-16-18)17-14(19)3-2-10-20-12-6-4-11(15)5-7-12/h4-9H,2-3,10H2,1H3,(H,17,19). The SMILES string of the molecule is Cn1nccc1NC(=O)CCCOc1ccc(F)cc1.